The van der Waals surface area contributed by atoms with Crippen molar-refractivity contribution >= 4 is 5.96 Å². The highest BCUT2D eigenvalue weighted by molar-refractivity contribution is 5.80. The molecule has 0 aliphatic carbocycles. The van der Waals surface area contributed by atoms with Crippen LogP contribution in [0.25, 0.3) is 11.5 Å². The maximum atomic E-state index is 13.1. The van der Waals surface area contributed by atoms with E-state index in [-0.39, 0.29) is 5.82 Å². The summed E-state index contributed by atoms with van der Waals surface area (Å²) in [6.07, 6.45) is 3.51. The van der Waals surface area contributed by atoms with Gasteiger partial charge in [-0.25, -0.2) is 9.37 Å². The Balaban J connectivity index is 1.29. The molecule has 3 aromatic rings. The normalized spacial score (nSPS) is 17.0. The zero-order valence-corrected chi connectivity index (χ0v) is 16.5. The lowest BCUT2D eigenvalue weighted by Gasteiger charge is -2.21. The molecule has 1 unspecified atom stereocenters. The van der Waals surface area contributed by atoms with Crippen LogP contribution in [0.15, 0.2) is 70.3 Å². The van der Waals surface area contributed by atoms with Crippen molar-refractivity contribution in [3.63, 3.8) is 0 Å². The highest BCUT2D eigenvalue weighted by atomic mass is 19.1. The number of likely N-dealkylation sites (tertiary alicyclic amines) is 1. The van der Waals surface area contributed by atoms with E-state index >= 15 is 0 Å². The Labute approximate surface area is 170 Å². The van der Waals surface area contributed by atoms with Crippen LogP contribution in [0.3, 0.4) is 0 Å². The Kier molecular flexibility index (Phi) is 5.89. The van der Waals surface area contributed by atoms with E-state index in [1.807, 2.05) is 7.05 Å². The van der Waals surface area contributed by atoms with Crippen molar-refractivity contribution in [1.82, 2.24) is 15.2 Å². The van der Waals surface area contributed by atoms with Gasteiger partial charge in [-0.2, -0.15) is 0 Å². The van der Waals surface area contributed by atoms with E-state index in [1.165, 1.54) is 17.7 Å². The largest absolute Gasteiger partial charge is 0.444 e. The monoisotopic (exact) mass is 392 g/mol. The van der Waals surface area contributed by atoms with Crippen LogP contribution in [0.4, 0.5) is 4.39 Å². The molecule has 1 atom stereocenters. The Morgan fingerprint density at radius 1 is 1.21 bits per heavy atom. The average Bonchev–Trinajstić information content (AvgIpc) is 3.43. The number of aliphatic imine (C=N–C) groups is 1. The first kappa shape index (κ1) is 19.2. The third kappa shape index (κ3) is 4.65. The van der Waals surface area contributed by atoms with Crippen LogP contribution in [-0.2, 0) is 6.42 Å². The third-order valence-corrected chi connectivity index (χ3v) is 5.28. The zero-order valence-electron chi connectivity index (χ0n) is 16.5. The number of hydrogen-bond donors (Lipinski definition) is 1. The van der Waals surface area contributed by atoms with Crippen molar-refractivity contribution in [3.8, 4) is 11.5 Å². The summed E-state index contributed by atoms with van der Waals surface area (Å²) >= 11 is 0. The number of rotatable bonds is 5. The lowest BCUT2D eigenvalue weighted by Crippen LogP contribution is -2.40. The van der Waals surface area contributed by atoms with E-state index < -0.39 is 0 Å². The van der Waals surface area contributed by atoms with Crippen molar-refractivity contribution in [1.29, 1.82) is 0 Å². The minimum absolute atomic E-state index is 0.271. The van der Waals surface area contributed by atoms with Crippen LogP contribution in [0.5, 0.6) is 0 Å². The van der Waals surface area contributed by atoms with Crippen molar-refractivity contribution < 1.29 is 8.81 Å². The second-order valence-corrected chi connectivity index (χ2v) is 7.22. The Morgan fingerprint density at radius 3 is 2.76 bits per heavy atom. The topological polar surface area (TPSA) is 53.7 Å². The van der Waals surface area contributed by atoms with Gasteiger partial charge in [0.15, 0.2) is 5.96 Å². The van der Waals surface area contributed by atoms with Gasteiger partial charge in [0.1, 0.15) is 12.1 Å². The van der Waals surface area contributed by atoms with Crippen molar-refractivity contribution in [3.05, 3.63) is 77.9 Å². The van der Waals surface area contributed by atoms with Crippen molar-refractivity contribution in [2.24, 2.45) is 4.99 Å². The van der Waals surface area contributed by atoms with Gasteiger partial charge in [-0.15, -0.1) is 0 Å². The minimum Gasteiger partial charge on any atom is -0.444 e. The second-order valence-electron chi connectivity index (χ2n) is 7.22. The molecule has 1 N–H and O–H groups in total. The molecule has 0 radical (unpaired) electrons. The maximum Gasteiger partial charge on any atom is 0.226 e. The van der Waals surface area contributed by atoms with Crippen LogP contribution >= 0.6 is 0 Å². The summed E-state index contributed by atoms with van der Waals surface area (Å²) in [5.41, 5.74) is 3.02. The molecule has 0 saturated carbocycles. The van der Waals surface area contributed by atoms with E-state index in [2.05, 4.69) is 50.5 Å². The SMILES string of the molecule is CN=C(NCCc1coc(-c2ccc(F)cc2)n1)N1CCC(c2ccccc2)C1. The number of benzene rings is 2. The van der Waals surface area contributed by atoms with E-state index in [0.717, 1.165) is 43.1 Å². The summed E-state index contributed by atoms with van der Waals surface area (Å²) in [6.45, 7) is 2.69. The summed E-state index contributed by atoms with van der Waals surface area (Å²) in [4.78, 5) is 11.3. The molecule has 1 aromatic heterocycles. The van der Waals surface area contributed by atoms with Gasteiger partial charge in [0, 0.05) is 44.6 Å². The van der Waals surface area contributed by atoms with Crippen LogP contribution in [0, 0.1) is 5.82 Å². The first-order valence-corrected chi connectivity index (χ1v) is 9.94. The van der Waals surface area contributed by atoms with Crippen LogP contribution < -0.4 is 5.32 Å². The lowest BCUT2D eigenvalue weighted by atomic mass is 9.99. The third-order valence-electron chi connectivity index (χ3n) is 5.28. The molecule has 1 aliphatic rings. The Morgan fingerprint density at radius 2 is 2.00 bits per heavy atom. The average molecular weight is 392 g/mol. The number of halogens is 1. The number of guanidine groups is 1. The summed E-state index contributed by atoms with van der Waals surface area (Å²) < 4.78 is 18.6. The van der Waals surface area contributed by atoms with Gasteiger partial charge in [0.05, 0.1) is 5.69 Å². The molecule has 5 nitrogen and oxygen atoms in total. The smallest absolute Gasteiger partial charge is 0.226 e. The van der Waals surface area contributed by atoms with Crippen molar-refractivity contribution in [2.45, 2.75) is 18.8 Å². The fraction of sp³-hybridized carbons (Fsp3) is 0.304. The van der Waals surface area contributed by atoms with Crippen molar-refractivity contribution in [2.75, 3.05) is 26.7 Å². The number of aromatic nitrogens is 1. The zero-order chi connectivity index (χ0) is 20.1. The molecule has 2 aromatic carbocycles. The standard InChI is InChI=1S/C23H25FN4O/c1-25-23(28-14-12-19(15-28)17-5-3-2-4-6-17)26-13-11-21-16-29-22(27-21)18-7-9-20(24)10-8-18/h2-10,16,19H,11-15H2,1H3,(H,25,26). The van der Waals surface area contributed by atoms with Crippen LogP contribution in [0.1, 0.15) is 23.6 Å². The summed E-state index contributed by atoms with van der Waals surface area (Å²) in [6, 6.07) is 16.8. The molecular weight excluding hydrogens is 367 g/mol. The Hall–Kier alpha value is -3.15. The molecule has 150 valence electrons. The van der Waals surface area contributed by atoms with Crippen LogP contribution in [0.2, 0.25) is 0 Å². The summed E-state index contributed by atoms with van der Waals surface area (Å²) in [5, 5.41) is 3.43. The number of nitrogens with zero attached hydrogens (tertiary/aromatic N) is 3. The molecule has 0 amide bonds. The van der Waals surface area contributed by atoms with E-state index in [1.54, 1.807) is 18.4 Å². The van der Waals surface area contributed by atoms with Gasteiger partial charge in [-0.1, -0.05) is 30.3 Å². The molecule has 0 spiro atoms. The van der Waals surface area contributed by atoms with E-state index in [9.17, 15) is 4.39 Å². The highest BCUT2D eigenvalue weighted by Crippen LogP contribution is 2.26. The summed E-state index contributed by atoms with van der Waals surface area (Å²) in [7, 11) is 1.82. The lowest BCUT2D eigenvalue weighted by molar-refractivity contribution is 0.486. The summed E-state index contributed by atoms with van der Waals surface area (Å²) in [5.74, 6) is 1.70. The molecular formula is C23H25FN4O. The van der Waals surface area contributed by atoms with E-state index in [4.69, 9.17) is 4.42 Å². The fourth-order valence-corrected chi connectivity index (χ4v) is 3.73. The molecule has 6 heteroatoms. The van der Waals surface area contributed by atoms with Gasteiger partial charge < -0.3 is 14.6 Å². The highest BCUT2D eigenvalue weighted by Gasteiger charge is 2.25. The number of hydrogen-bond acceptors (Lipinski definition) is 3. The van der Waals surface area contributed by atoms with E-state index in [0.29, 0.717) is 18.4 Å². The number of oxazole rings is 1. The molecule has 29 heavy (non-hydrogen) atoms. The molecule has 0 bridgehead atoms. The predicted octanol–water partition coefficient (Wildman–Crippen LogP) is 4.09. The van der Waals surface area contributed by atoms with Gasteiger partial charge >= 0.3 is 0 Å². The predicted molar refractivity (Wildman–Crippen MR) is 112 cm³/mol. The molecule has 1 aliphatic heterocycles. The van der Waals surface area contributed by atoms with Crippen LogP contribution in [-0.4, -0.2) is 42.5 Å². The number of nitrogens with one attached hydrogen (secondary N) is 1. The first-order valence-electron chi connectivity index (χ1n) is 9.94. The van der Waals surface area contributed by atoms with Gasteiger partial charge in [0.2, 0.25) is 5.89 Å². The van der Waals surface area contributed by atoms with Gasteiger partial charge in [-0.3, -0.25) is 4.99 Å². The van der Waals surface area contributed by atoms with Gasteiger partial charge in [0.25, 0.3) is 0 Å². The van der Waals surface area contributed by atoms with Gasteiger partial charge in [-0.05, 0) is 36.2 Å². The fourth-order valence-electron chi connectivity index (χ4n) is 3.73. The molecule has 1 fully saturated rings. The quantitative estimate of drug-likeness (QED) is 0.525. The second kappa shape index (κ2) is 8.90. The molecule has 1 saturated heterocycles. The Bertz CT molecular complexity index is 953. The first-order chi connectivity index (χ1) is 14.2. The molecule has 4 rings (SSSR count). The molecule has 2 heterocycles. The maximum absolute atomic E-state index is 13.1. The minimum atomic E-state index is -0.271.